The van der Waals surface area contributed by atoms with Gasteiger partial charge in [0, 0.05) is 18.3 Å². The number of anilines is 2. The molecular formula is C16H19BrN3O2S+. The topological polar surface area (TPSA) is 62.6 Å². The molecule has 1 aromatic carbocycles. The lowest BCUT2D eigenvalue weighted by molar-refractivity contribution is -0.884. The number of thiophene rings is 1. The maximum atomic E-state index is 12.1. The predicted octanol–water partition coefficient (Wildman–Crippen LogP) is 2.12. The quantitative estimate of drug-likeness (QED) is 0.700. The minimum atomic E-state index is -0.118. The Labute approximate surface area is 147 Å². The van der Waals surface area contributed by atoms with Crippen LogP contribution >= 0.6 is 27.3 Å². The summed E-state index contributed by atoms with van der Waals surface area (Å²) < 4.78 is 1.10. The maximum absolute atomic E-state index is 12.1. The van der Waals surface area contributed by atoms with E-state index < -0.39 is 0 Å². The molecule has 1 aromatic heterocycles. The van der Waals surface area contributed by atoms with Crippen molar-refractivity contribution in [2.24, 2.45) is 0 Å². The predicted molar refractivity (Wildman–Crippen MR) is 96.9 cm³/mol. The molecule has 1 atom stereocenters. The first kappa shape index (κ1) is 17.7. The summed E-state index contributed by atoms with van der Waals surface area (Å²) in [6.07, 6.45) is 0. The standard InChI is InChI=1S/C16H18BrN3O2S/c1-11(21)18-12-3-5-13(6-4-12)19-16(22)10-20(2)9-14-7-8-15(17)23-14/h3-8H,9-10H2,1-2H3,(H,18,21)(H,19,22)/p+1. The number of hydrogen-bond donors (Lipinski definition) is 3. The Morgan fingerprint density at radius 3 is 2.22 bits per heavy atom. The number of carbonyl (C=O) groups is 2. The van der Waals surface area contributed by atoms with Crippen molar-refractivity contribution in [2.45, 2.75) is 13.5 Å². The third kappa shape index (κ3) is 6.13. The van der Waals surface area contributed by atoms with Crippen molar-refractivity contribution in [1.82, 2.24) is 0 Å². The van der Waals surface area contributed by atoms with Crippen LogP contribution in [0.5, 0.6) is 0 Å². The maximum Gasteiger partial charge on any atom is 0.279 e. The SMILES string of the molecule is CC(=O)Nc1ccc(NC(=O)C[NH+](C)Cc2ccc(Br)s2)cc1. The van der Waals surface area contributed by atoms with Crippen molar-refractivity contribution in [3.05, 3.63) is 45.1 Å². The zero-order chi connectivity index (χ0) is 16.8. The number of carbonyl (C=O) groups excluding carboxylic acids is 2. The molecule has 0 aliphatic rings. The van der Waals surface area contributed by atoms with Crippen LogP contribution in [0.25, 0.3) is 0 Å². The molecule has 1 unspecified atom stereocenters. The van der Waals surface area contributed by atoms with Crippen LogP contribution in [-0.4, -0.2) is 25.4 Å². The fourth-order valence-electron chi connectivity index (χ4n) is 2.13. The molecule has 0 fully saturated rings. The van der Waals surface area contributed by atoms with Gasteiger partial charge in [-0.1, -0.05) is 0 Å². The Morgan fingerprint density at radius 1 is 1.09 bits per heavy atom. The van der Waals surface area contributed by atoms with E-state index in [9.17, 15) is 9.59 Å². The molecule has 0 saturated carbocycles. The van der Waals surface area contributed by atoms with Crippen molar-refractivity contribution in [3.63, 3.8) is 0 Å². The molecule has 23 heavy (non-hydrogen) atoms. The highest BCUT2D eigenvalue weighted by Crippen LogP contribution is 2.21. The van der Waals surface area contributed by atoms with Crippen LogP contribution in [0.1, 0.15) is 11.8 Å². The number of likely N-dealkylation sites (N-methyl/N-ethyl adjacent to an activating group) is 1. The number of rotatable bonds is 6. The number of benzene rings is 1. The zero-order valence-electron chi connectivity index (χ0n) is 13.0. The molecule has 0 radical (unpaired) electrons. The highest BCUT2D eigenvalue weighted by molar-refractivity contribution is 9.11. The summed E-state index contributed by atoms with van der Waals surface area (Å²) in [6, 6.07) is 11.2. The third-order valence-corrected chi connectivity index (χ3v) is 4.68. The fourth-order valence-corrected chi connectivity index (χ4v) is 3.72. The van der Waals surface area contributed by atoms with E-state index in [0.717, 1.165) is 20.9 Å². The average molecular weight is 397 g/mol. The summed E-state index contributed by atoms with van der Waals surface area (Å²) in [4.78, 5) is 25.4. The molecule has 2 rings (SSSR count). The first-order valence-electron chi connectivity index (χ1n) is 7.15. The van der Waals surface area contributed by atoms with Gasteiger partial charge in [0.25, 0.3) is 5.91 Å². The first-order chi connectivity index (χ1) is 10.9. The van der Waals surface area contributed by atoms with Gasteiger partial charge >= 0.3 is 0 Å². The summed E-state index contributed by atoms with van der Waals surface area (Å²) in [5, 5.41) is 5.55. The van der Waals surface area contributed by atoms with Crippen molar-refractivity contribution in [2.75, 3.05) is 24.2 Å². The van der Waals surface area contributed by atoms with Crippen LogP contribution < -0.4 is 15.5 Å². The Bertz CT molecular complexity index is 685. The molecule has 5 nitrogen and oxygen atoms in total. The van der Waals surface area contributed by atoms with Crippen molar-refractivity contribution >= 4 is 50.5 Å². The lowest BCUT2D eigenvalue weighted by atomic mass is 10.2. The first-order valence-corrected chi connectivity index (χ1v) is 8.76. The fraction of sp³-hybridized carbons (Fsp3) is 0.250. The molecule has 0 saturated heterocycles. The van der Waals surface area contributed by atoms with Crippen LogP contribution in [-0.2, 0) is 16.1 Å². The van der Waals surface area contributed by atoms with Crippen molar-refractivity contribution in [3.8, 4) is 0 Å². The van der Waals surface area contributed by atoms with Gasteiger partial charge in [-0.2, -0.15) is 0 Å². The molecular weight excluding hydrogens is 378 g/mol. The number of hydrogen-bond acceptors (Lipinski definition) is 3. The van der Waals surface area contributed by atoms with Gasteiger partial charge in [0.1, 0.15) is 6.54 Å². The van der Waals surface area contributed by atoms with Gasteiger partial charge in [-0.05, 0) is 52.3 Å². The molecule has 1 heterocycles. The summed E-state index contributed by atoms with van der Waals surface area (Å²) in [5.41, 5.74) is 1.43. The zero-order valence-corrected chi connectivity index (χ0v) is 15.4. The summed E-state index contributed by atoms with van der Waals surface area (Å²) >= 11 is 5.12. The van der Waals surface area contributed by atoms with Gasteiger partial charge in [0.05, 0.1) is 15.7 Å². The van der Waals surface area contributed by atoms with Crippen LogP contribution in [0.2, 0.25) is 0 Å². The number of halogens is 1. The highest BCUT2D eigenvalue weighted by atomic mass is 79.9. The van der Waals surface area contributed by atoms with Gasteiger partial charge in [0.15, 0.2) is 6.54 Å². The van der Waals surface area contributed by atoms with Crippen molar-refractivity contribution in [1.29, 1.82) is 0 Å². The second-order valence-corrected chi connectivity index (χ2v) is 7.87. The van der Waals surface area contributed by atoms with E-state index in [1.54, 1.807) is 35.6 Å². The van der Waals surface area contributed by atoms with Gasteiger partial charge in [-0.15, -0.1) is 11.3 Å². The Kier molecular flexibility index (Phi) is 6.32. The molecule has 2 aromatic rings. The minimum absolute atomic E-state index is 0.0367. The van der Waals surface area contributed by atoms with Crippen LogP contribution in [0.15, 0.2) is 40.2 Å². The molecule has 0 aliphatic heterocycles. The highest BCUT2D eigenvalue weighted by Gasteiger charge is 2.12. The van der Waals surface area contributed by atoms with E-state index in [4.69, 9.17) is 0 Å². The summed E-state index contributed by atoms with van der Waals surface area (Å²) in [6.45, 7) is 2.66. The Hall–Kier alpha value is -1.70. The lowest BCUT2D eigenvalue weighted by Gasteiger charge is -2.13. The summed E-state index contributed by atoms with van der Waals surface area (Å²) in [7, 11) is 1.99. The largest absolute Gasteiger partial charge is 0.326 e. The smallest absolute Gasteiger partial charge is 0.279 e. The van der Waals surface area contributed by atoms with E-state index in [0.29, 0.717) is 12.2 Å². The second kappa shape index (κ2) is 8.24. The van der Waals surface area contributed by atoms with E-state index in [1.807, 2.05) is 13.1 Å². The number of quaternary nitrogens is 1. The molecule has 122 valence electrons. The molecule has 0 spiro atoms. The Morgan fingerprint density at radius 2 is 1.70 bits per heavy atom. The summed E-state index contributed by atoms with van der Waals surface area (Å²) in [5.74, 6) is -0.155. The Balaban J connectivity index is 1.82. The third-order valence-electron chi connectivity index (χ3n) is 3.06. The van der Waals surface area contributed by atoms with Crippen molar-refractivity contribution < 1.29 is 14.5 Å². The molecule has 2 amide bonds. The van der Waals surface area contributed by atoms with E-state index in [1.165, 1.54) is 11.8 Å². The minimum Gasteiger partial charge on any atom is -0.326 e. The molecule has 0 bridgehead atoms. The van der Waals surface area contributed by atoms with Crippen LogP contribution in [0, 0.1) is 0 Å². The van der Waals surface area contributed by atoms with Crippen LogP contribution in [0.3, 0.4) is 0 Å². The van der Waals surface area contributed by atoms with E-state index in [2.05, 4.69) is 32.6 Å². The van der Waals surface area contributed by atoms with Gasteiger partial charge in [-0.3, -0.25) is 9.59 Å². The van der Waals surface area contributed by atoms with E-state index >= 15 is 0 Å². The second-order valence-electron chi connectivity index (χ2n) is 5.32. The van der Waals surface area contributed by atoms with Gasteiger partial charge in [-0.25, -0.2) is 0 Å². The monoisotopic (exact) mass is 396 g/mol. The lowest BCUT2D eigenvalue weighted by Crippen LogP contribution is -3.08. The molecule has 7 heteroatoms. The average Bonchev–Trinajstić information content (AvgIpc) is 2.85. The number of nitrogens with one attached hydrogen (secondary N) is 3. The van der Waals surface area contributed by atoms with Gasteiger partial charge < -0.3 is 15.5 Å². The number of amides is 2. The van der Waals surface area contributed by atoms with Crippen LogP contribution in [0.4, 0.5) is 11.4 Å². The molecule has 3 N–H and O–H groups in total. The van der Waals surface area contributed by atoms with Gasteiger partial charge in [0.2, 0.25) is 5.91 Å². The molecule has 0 aliphatic carbocycles. The van der Waals surface area contributed by atoms with E-state index in [-0.39, 0.29) is 11.8 Å². The normalized spacial score (nSPS) is 11.8.